The number of likely N-dealkylation sites (tertiary alicyclic amines) is 1. The number of thiazole rings is 1. The summed E-state index contributed by atoms with van der Waals surface area (Å²) in [5.74, 6) is 0.400. The predicted octanol–water partition coefficient (Wildman–Crippen LogP) is 2.50. The lowest BCUT2D eigenvalue weighted by Gasteiger charge is -2.30. The van der Waals surface area contributed by atoms with Crippen LogP contribution in [0.5, 0.6) is 0 Å². The van der Waals surface area contributed by atoms with Gasteiger partial charge >= 0.3 is 0 Å². The summed E-state index contributed by atoms with van der Waals surface area (Å²) in [4.78, 5) is 6.35. The van der Waals surface area contributed by atoms with E-state index >= 15 is 0 Å². The highest BCUT2D eigenvalue weighted by Gasteiger charge is 2.28. The van der Waals surface area contributed by atoms with Crippen molar-refractivity contribution in [3.63, 3.8) is 0 Å². The van der Waals surface area contributed by atoms with Crippen LogP contribution in [0.1, 0.15) is 32.4 Å². The molecule has 1 N–H and O–H groups in total. The van der Waals surface area contributed by atoms with E-state index in [4.69, 9.17) is 11.6 Å². The Hall–Kier alpha value is -0.210. The van der Waals surface area contributed by atoms with Crippen LogP contribution in [0.15, 0.2) is 4.21 Å². The van der Waals surface area contributed by atoms with Gasteiger partial charge < -0.3 is 0 Å². The lowest BCUT2D eigenvalue weighted by Crippen LogP contribution is -2.45. The molecule has 5 nitrogen and oxygen atoms in total. The fourth-order valence-corrected chi connectivity index (χ4v) is 5.55. The van der Waals surface area contributed by atoms with Crippen molar-refractivity contribution >= 4 is 33.0 Å². The SMILES string of the molecule is Cc1nc(Cl)sc1S(=O)(=O)NCC(C(C)C)N1CCCC1. The second-order valence-electron chi connectivity index (χ2n) is 5.75. The number of nitrogens with one attached hydrogen (secondary N) is 1. The van der Waals surface area contributed by atoms with E-state index in [-0.39, 0.29) is 14.7 Å². The lowest BCUT2D eigenvalue weighted by atomic mass is 10.0. The van der Waals surface area contributed by atoms with Crippen molar-refractivity contribution in [2.45, 2.75) is 43.9 Å². The highest BCUT2D eigenvalue weighted by molar-refractivity contribution is 7.91. The Bertz CT molecular complexity index is 580. The van der Waals surface area contributed by atoms with Gasteiger partial charge in [0.1, 0.15) is 0 Å². The summed E-state index contributed by atoms with van der Waals surface area (Å²) in [7, 11) is -3.53. The van der Waals surface area contributed by atoms with Gasteiger partial charge in [-0.2, -0.15) is 0 Å². The van der Waals surface area contributed by atoms with Crippen LogP contribution in [0.2, 0.25) is 4.47 Å². The van der Waals surface area contributed by atoms with Gasteiger partial charge in [-0.25, -0.2) is 18.1 Å². The van der Waals surface area contributed by atoms with Crippen LogP contribution in [0.25, 0.3) is 0 Å². The smallest absolute Gasteiger partial charge is 0.252 e. The molecule has 1 atom stereocenters. The standard InChI is InChI=1S/C13H22ClN3O2S2/c1-9(2)11(17-6-4-5-7-17)8-15-21(18,19)12-10(3)16-13(14)20-12/h9,11,15H,4-8H2,1-3H3. The van der Waals surface area contributed by atoms with Gasteiger partial charge in [0.05, 0.1) is 5.69 Å². The molecule has 0 saturated carbocycles. The van der Waals surface area contributed by atoms with E-state index in [0.717, 1.165) is 24.4 Å². The Balaban J connectivity index is 2.07. The topological polar surface area (TPSA) is 62.3 Å². The number of aromatic nitrogens is 1. The number of hydrogen-bond donors (Lipinski definition) is 1. The molecule has 21 heavy (non-hydrogen) atoms. The van der Waals surface area contributed by atoms with Crippen LogP contribution in [0.3, 0.4) is 0 Å². The van der Waals surface area contributed by atoms with Gasteiger partial charge in [-0.05, 0) is 38.8 Å². The minimum Gasteiger partial charge on any atom is -0.299 e. The predicted molar refractivity (Wildman–Crippen MR) is 86.5 cm³/mol. The van der Waals surface area contributed by atoms with Crippen LogP contribution in [0.4, 0.5) is 0 Å². The van der Waals surface area contributed by atoms with Gasteiger partial charge in [0.15, 0.2) is 8.68 Å². The molecule has 0 spiro atoms. The summed E-state index contributed by atoms with van der Waals surface area (Å²) in [6, 6.07) is 0.228. The molecule has 120 valence electrons. The summed E-state index contributed by atoms with van der Waals surface area (Å²) in [6.45, 7) is 8.45. The maximum Gasteiger partial charge on any atom is 0.252 e. The molecule has 0 aromatic carbocycles. The maximum absolute atomic E-state index is 12.4. The Morgan fingerprint density at radius 3 is 2.48 bits per heavy atom. The molecule has 8 heteroatoms. The van der Waals surface area contributed by atoms with Crippen LogP contribution >= 0.6 is 22.9 Å². The first-order chi connectivity index (χ1) is 9.81. The molecule has 2 heterocycles. The van der Waals surface area contributed by atoms with E-state index in [2.05, 4.69) is 28.5 Å². The molecule has 1 aliphatic heterocycles. The molecule has 1 saturated heterocycles. The number of hydrogen-bond acceptors (Lipinski definition) is 5. The first-order valence-electron chi connectivity index (χ1n) is 7.18. The normalized spacial score (nSPS) is 18.5. The fourth-order valence-electron chi connectivity index (χ4n) is 2.72. The number of aryl methyl sites for hydroxylation is 1. The zero-order chi connectivity index (χ0) is 15.6. The first-order valence-corrected chi connectivity index (χ1v) is 9.85. The zero-order valence-electron chi connectivity index (χ0n) is 12.6. The number of halogens is 1. The Morgan fingerprint density at radius 1 is 1.38 bits per heavy atom. The molecule has 1 unspecified atom stereocenters. The second-order valence-corrected chi connectivity index (χ2v) is 9.29. The van der Waals surface area contributed by atoms with Crippen LogP contribution in [-0.2, 0) is 10.0 Å². The van der Waals surface area contributed by atoms with Gasteiger partial charge in [0, 0.05) is 12.6 Å². The van der Waals surface area contributed by atoms with Crippen molar-refractivity contribution in [3.8, 4) is 0 Å². The first kappa shape index (κ1) is 17.1. The Labute approximate surface area is 135 Å². The summed E-state index contributed by atoms with van der Waals surface area (Å²) >= 11 is 6.80. The van der Waals surface area contributed by atoms with Crippen molar-refractivity contribution in [2.24, 2.45) is 5.92 Å². The summed E-state index contributed by atoms with van der Waals surface area (Å²) in [6.07, 6.45) is 2.39. The quantitative estimate of drug-likeness (QED) is 0.855. The highest BCUT2D eigenvalue weighted by atomic mass is 35.5. The molecular weight excluding hydrogens is 330 g/mol. The minimum absolute atomic E-state index is 0.219. The van der Waals surface area contributed by atoms with Gasteiger partial charge in [0.25, 0.3) is 10.0 Å². The van der Waals surface area contributed by atoms with Gasteiger partial charge in [-0.3, -0.25) is 4.90 Å². The lowest BCUT2D eigenvalue weighted by molar-refractivity contribution is 0.193. The molecule has 0 bridgehead atoms. The van der Waals surface area contributed by atoms with E-state index in [1.807, 2.05) is 0 Å². The summed E-state index contributed by atoms with van der Waals surface area (Å²) < 4.78 is 28.0. The summed E-state index contributed by atoms with van der Waals surface area (Å²) in [5, 5.41) is 0. The van der Waals surface area contributed by atoms with E-state index in [1.165, 1.54) is 12.8 Å². The Kier molecular flexibility index (Phi) is 5.65. The second kappa shape index (κ2) is 6.91. The number of nitrogens with zero attached hydrogens (tertiary/aromatic N) is 2. The monoisotopic (exact) mass is 351 g/mol. The molecule has 1 aliphatic rings. The van der Waals surface area contributed by atoms with E-state index in [9.17, 15) is 8.42 Å². The number of sulfonamides is 1. The van der Waals surface area contributed by atoms with Crippen molar-refractivity contribution in [3.05, 3.63) is 10.2 Å². The molecule has 0 radical (unpaired) electrons. The van der Waals surface area contributed by atoms with Crippen LogP contribution in [0, 0.1) is 12.8 Å². The molecular formula is C13H22ClN3O2S2. The van der Waals surface area contributed by atoms with E-state index in [0.29, 0.717) is 18.2 Å². The van der Waals surface area contributed by atoms with Gasteiger partial charge in [-0.1, -0.05) is 36.8 Å². The molecule has 2 rings (SSSR count). The molecule has 0 amide bonds. The van der Waals surface area contributed by atoms with Crippen LogP contribution in [-0.4, -0.2) is 44.0 Å². The van der Waals surface area contributed by atoms with Crippen molar-refractivity contribution in [2.75, 3.05) is 19.6 Å². The maximum atomic E-state index is 12.4. The number of rotatable bonds is 6. The van der Waals surface area contributed by atoms with Crippen molar-refractivity contribution < 1.29 is 8.42 Å². The van der Waals surface area contributed by atoms with E-state index in [1.54, 1.807) is 6.92 Å². The van der Waals surface area contributed by atoms with Gasteiger partial charge in [0.2, 0.25) is 0 Å². The Morgan fingerprint density at radius 2 is 2.00 bits per heavy atom. The van der Waals surface area contributed by atoms with Crippen LogP contribution < -0.4 is 4.72 Å². The highest BCUT2D eigenvalue weighted by Crippen LogP contribution is 2.26. The average molecular weight is 352 g/mol. The minimum atomic E-state index is -3.53. The third-order valence-electron chi connectivity index (χ3n) is 3.83. The third-order valence-corrected chi connectivity index (χ3v) is 7.13. The zero-order valence-corrected chi connectivity index (χ0v) is 15.0. The summed E-state index contributed by atoms with van der Waals surface area (Å²) in [5.41, 5.74) is 0.458. The largest absolute Gasteiger partial charge is 0.299 e. The fraction of sp³-hybridized carbons (Fsp3) is 0.769. The third kappa shape index (κ3) is 4.16. The van der Waals surface area contributed by atoms with Gasteiger partial charge in [-0.15, -0.1) is 0 Å². The van der Waals surface area contributed by atoms with Crippen molar-refractivity contribution in [1.29, 1.82) is 0 Å². The molecule has 1 fully saturated rings. The molecule has 0 aliphatic carbocycles. The van der Waals surface area contributed by atoms with E-state index < -0.39 is 10.0 Å². The molecule has 1 aromatic heterocycles. The average Bonchev–Trinajstić information content (AvgIpc) is 2.99. The molecule has 1 aromatic rings. The van der Waals surface area contributed by atoms with Crippen molar-refractivity contribution in [1.82, 2.24) is 14.6 Å².